The molecule has 0 aromatic heterocycles. The van der Waals surface area contributed by atoms with Crippen LogP contribution in [0.4, 0.5) is 4.79 Å². The largest absolute Gasteiger partial charge is 0.447 e. The fourth-order valence-corrected chi connectivity index (χ4v) is 2.05. The zero-order valence-corrected chi connectivity index (χ0v) is 11.4. The Morgan fingerprint density at radius 2 is 2.15 bits per heavy atom. The molecular formula is C14H18N2O4. The lowest BCUT2D eigenvalue weighted by Crippen LogP contribution is -2.51. The lowest BCUT2D eigenvalue weighted by Gasteiger charge is -2.35. The van der Waals surface area contributed by atoms with E-state index in [-0.39, 0.29) is 18.6 Å². The van der Waals surface area contributed by atoms with Crippen molar-refractivity contribution >= 4 is 12.0 Å². The molecule has 2 amide bonds. The van der Waals surface area contributed by atoms with Crippen LogP contribution < -0.4 is 5.32 Å². The first-order chi connectivity index (χ1) is 9.72. The standard InChI is InChI=1S/C14H18N2O4/c1-15-14(18)20-10-12-9-19-8-7-16(12)13(17)11-5-3-2-4-6-11/h2-6,12H,7-10H2,1H3,(H,15,18). The van der Waals surface area contributed by atoms with Crippen molar-refractivity contribution in [1.82, 2.24) is 10.2 Å². The summed E-state index contributed by atoms with van der Waals surface area (Å²) in [6, 6.07) is 8.80. The highest BCUT2D eigenvalue weighted by Gasteiger charge is 2.29. The Morgan fingerprint density at radius 1 is 1.40 bits per heavy atom. The maximum absolute atomic E-state index is 12.4. The number of hydrogen-bond donors (Lipinski definition) is 1. The van der Waals surface area contributed by atoms with E-state index in [4.69, 9.17) is 9.47 Å². The summed E-state index contributed by atoms with van der Waals surface area (Å²) in [6.45, 7) is 1.48. The highest BCUT2D eigenvalue weighted by Crippen LogP contribution is 2.13. The average Bonchev–Trinajstić information content (AvgIpc) is 2.53. The van der Waals surface area contributed by atoms with Crippen LogP contribution in [-0.4, -0.2) is 56.4 Å². The predicted molar refractivity (Wildman–Crippen MR) is 72.5 cm³/mol. The van der Waals surface area contributed by atoms with Crippen LogP contribution in [0.3, 0.4) is 0 Å². The van der Waals surface area contributed by atoms with Gasteiger partial charge in [0.2, 0.25) is 0 Å². The molecular weight excluding hydrogens is 260 g/mol. The molecule has 6 nitrogen and oxygen atoms in total. The van der Waals surface area contributed by atoms with Crippen LogP contribution in [0.2, 0.25) is 0 Å². The third-order valence-electron chi connectivity index (χ3n) is 3.12. The van der Waals surface area contributed by atoms with Gasteiger partial charge in [-0.2, -0.15) is 0 Å². The van der Waals surface area contributed by atoms with Gasteiger partial charge in [0.15, 0.2) is 0 Å². The summed E-state index contributed by atoms with van der Waals surface area (Å²) in [4.78, 5) is 25.3. The molecule has 1 aliphatic heterocycles. The van der Waals surface area contributed by atoms with Gasteiger partial charge in [-0.05, 0) is 12.1 Å². The molecule has 20 heavy (non-hydrogen) atoms. The van der Waals surface area contributed by atoms with Crippen molar-refractivity contribution in [2.45, 2.75) is 6.04 Å². The van der Waals surface area contributed by atoms with Crippen molar-refractivity contribution in [2.75, 3.05) is 33.4 Å². The predicted octanol–water partition coefficient (Wildman–Crippen LogP) is 0.884. The smallest absolute Gasteiger partial charge is 0.406 e. The van der Waals surface area contributed by atoms with E-state index in [0.717, 1.165) is 0 Å². The van der Waals surface area contributed by atoms with E-state index in [0.29, 0.717) is 25.3 Å². The van der Waals surface area contributed by atoms with E-state index in [1.54, 1.807) is 17.0 Å². The van der Waals surface area contributed by atoms with Crippen LogP contribution in [-0.2, 0) is 9.47 Å². The van der Waals surface area contributed by atoms with E-state index < -0.39 is 6.09 Å². The molecule has 1 saturated heterocycles. The summed E-state index contributed by atoms with van der Waals surface area (Å²) < 4.78 is 10.4. The Kier molecular flexibility index (Phi) is 4.95. The Bertz CT molecular complexity index is 464. The number of morpholine rings is 1. The first-order valence-corrected chi connectivity index (χ1v) is 6.50. The van der Waals surface area contributed by atoms with Gasteiger partial charge >= 0.3 is 6.09 Å². The summed E-state index contributed by atoms with van der Waals surface area (Å²) in [5.41, 5.74) is 0.624. The minimum Gasteiger partial charge on any atom is -0.447 e. The van der Waals surface area contributed by atoms with E-state index in [2.05, 4.69) is 5.32 Å². The van der Waals surface area contributed by atoms with Gasteiger partial charge in [0, 0.05) is 19.2 Å². The van der Waals surface area contributed by atoms with E-state index in [9.17, 15) is 9.59 Å². The average molecular weight is 278 g/mol. The van der Waals surface area contributed by atoms with Crippen molar-refractivity contribution in [1.29, 1.82) is 0 Å². The number of rotatable bonds is 3. The van der Waals surface area contributed by atoms with Gasteiger partial charge in [0.25, 0.3) is 5.91 Å². The molecule has 0 saturated carbocycles. The molecule has 1 aromatic rings. The normalized spacial score (nSPS) is 18.4. The van der Waals surface area contributed by atoms with Gasteiger partial charge in [0.05, 0.1) is 19.3 Å². The molecule has 1 unspecified atom stereocenters. The second kappa shape index (κ2) is 6.91. The van der Waals surface area contributed by atoms with Crippen LogP contribution >= 0.6 is 0 Å². The molecule has 1 aliphatic rings. The Balaban J connectivity index is 2.03. The number of nitrogens with one attached hydrogen (secondary N) is 1. The quantitative estimate of drug-likeness (QED) is 0.891. The number of benzene rings is 1. The highest BCUT2D eigenvalue weighted by atomic mass is 16.6. The first-order valence-electron chi connectivity index (χ1n) is 6.50. The summed E-state index contributed by atoms with van der Waals surface area (Å²) >= 11 is 0. The Morgan fingerprint density at radius 3 is 2.85 bits per heavy atom. The molecule has 0 bridgehead atoms. The van der Waals surface area contributed by atoms with Crippen LogP contribution in [0, 0.1) is 0 Å². The third-order valence-corrected chi connectivity index (χ3v) is 3.12. The summed E-state index contributed by atoms with van der Waals surface area (Å²) in [6.07, 6.45) is -0.511. The van der Waals surface area contributed by atoms with Gasteiger partial charge in [-0.15, -0.1) is 0 Å². The number of amides is 2. The minimum absolute atomic E-state index is 0.0700. The molecule has 1 N–H and O–H groups in total. The second-order valence-electron chi connectivity index (χ2n) is 4.44. The van der Waals surface area contributed by atoms with Crippen LogP contribution in [0.15, 0.2) is 30.3 Å². The van der Waals surface area contributed by atoms with Crippen molar-refractivity contribution in [3.8, 4) is 0 Å². The highest BCUT2D eigenvalue weighted by molar-refractivity contribution is 5.94. The lowest BCUT2D eigenvalue weighted by molar-refractivity contribution is -0.0211. The van der Waals surface area contributed by atoms with Crippen LogP contribution in [0.25, 0.3) is 0 Å². The summed E-state index contributed by atoms with van der Waals surface area (Å²) in [5.74, 6) is -0.0700. The van der Waals surface area contributed by atoms with Crippen molar-refractivity contribution in [3.63, 3.8) is 0 Å². The molecule has 2 rings (SSSR count). The van der Waals surface area contributed by atoms with Gasteiger partial charge < -0.3 is 19.7 Å². The number of carbonyl (C=O) groups excluding carboxylic acids is 2. The maximum atomic E-state index is 12.4. The molecule has 1 aromatic carbocycles. The van der Waals surface area contributed by atoms with Gasteiger partial charge in [-0.3, -0.25) is 4.79 Å². The van der Waals surface area contributed by atoms with Crippen molar-refractivity contribution in [3.05, 3.63) is 35.9 Å². The summed E-state index contributed by atoms with van der Waals surface area (Å²) in [7, 11) is 1.49. The van der Waals surface area contributed by atoms with Crippen LogP contribution in [0.5, 0.6) is 0 Å². The molecule has 1 heterocycles. The van der Waals surface area contributed by atoms with Crippen LogP contribution in [0.1, 0.15) is 10.4 Å². The molecule has 1 fully saturated rings. The Labute approximate surface area is 117 Å². The SMILES string of the molecule is CNC(=O)OCC1COCCN1C(=O)c1ccccc1. The minimum atomic E-state index is -0.511. The lowest BCUT2D eigenvalue weighted by atomic mass is 10.1. The summed E-state index contributed by atoms with van der Waals surface area (Å²) in [5, 5.41) is 2.37. The number of hydrogen-bond acceptors (Lipinski definition) is 4. The number of nitrogens with zero attached hydrogens (tertiary/aromatic N) is 1. The topological polar surface area (TPSA) is 67.9 Å². The van der Waals surface area contributed by atoms with Gasteiger partial charge in [-0.25, -0.2) is 4.79 Å². The monoisotopic (exact) mass is 278 g/mol. The van der Waals surface area contributed by atoms with Gasteiger partial charge in [0.1, 0.15) is 6.61 Å². The van der Waals surface area contributed by atoms with Gasteiger partial charge in [-0.1, -0.05) is 18.2 Å². The molecule has 1 atom stereocenters. The number of alkyl carbamates (subject to hydrolysis) is 1. The van der Waals surface area contributed by atoms with E-state index in [1.165, 1.54) is 7.05 Å². The maximum Gasteiger partial charge on any atom is 0.406 e. The molecule has 0 radical (unpaired) electrons. The van der Waals surface area contributed by atoms with Crippen molar-refractivity contribution in [2.24, 2.45) is 0 Å². The zero-order valence-electron chi connectivity index (χ0n) is 11.4. The molecule has 6 heteroatoms. The molecule has 0 aliphatic carbocycles. The third kappa shape index (κ3) is 3.48. The molecule has 108 valence electrons. The fourth-order valence-electron chi connectivity index (χ4n) is 2.05. The number of carbonyl (C=O) groups is 2. The fraction of sp³-hybridized carbons (Fsp3) is 0.429. The first kappa shape index (κ1) is 14.3. The number of ether oxygens (including phenoxy) is 2. The second-order valence-corrected chi connectivity index (χ2v) is 4.44. The van der Waals surface area contributed by atoms with E-state index >= 15 is 0 Å². The van der Waals surface area contributed by atoms with Crippen molar-refractivity contribution < 1.29 is 19.1 Å². The van der Waals surface area contributed by atoms with E-state index in [1.807, 2.05) is 18.2 Å². The zero-order chi connectivity index (χ0) is 14.4. The molecule has 0 spiro atoms. The Hall–Kier alpha value is -2.08.